The normalized spacial score (nSPS) is 10.4. The van der Waals surface area contributed by atoms with Crippen LogP contribution in [0.25, 0.3) is 0 Å². The number of anilines is 1. The molecule has 0 unspecified atom stereocenters. The molecule has 7 nitrogen and oxygen atoms in total. The molecule has 0 saturated heterocycles. The van der Waals surface area contributed by atoms with Gasteiger partial charge in [0.05, 0.1) is 0 Å². The fraction of sp³-hybridized carbons (Fsp3) is 0.308. The molecular formula is C13H18N2Na2O5. The molecule has 1 aromatic carbocycles. The Balaban J connectivity index is 0. The number of carboxylic acids is 2. The van der Waals surface area contributed by atoms with Gasteiger partial charge in [0.15, 0.2) is 0 Å². The van der Waals surface area contributed by atoms with Crippen molar-refractivity contribution in [2.45, 2.75) is 18.9 Å². The molecule has 0 aromatic heterocycles. The van der Waals surface area contributed by atoms with E-state index in [1.807, 2.05) is 0 Å². The first-order chi connectivity index (χ1) is 9.43. The van der Waals surface area contributed by atoms with Crippen LogP contribution in [-0.4, -0.2) is 100 Å². The molecule has 0 saturated carbocycles. The van der Waals surface area contributed by atoms with Crippen molar-refractivity contribution >= 4 is 82.6 Å². The first-order valence-corrected chi connectivity index (χ1v) is 5.97. The number of aliphatic carboxylic acids is 2. The molecule has 0 heterocycles. The molecule has 0 fully saturated rings. The minimum absolute atomic E-state index is 0. The van der Waals surface area contributed by atoms with E-state index in [0.29, 0.717) is 5.56 Å². The van der Waals surface area contributed by atoms with E-state index < -0.39 is 23.9 Å². The third-order valence-electron chi connectivity index (χ3n) is 2.69. The number of hydrogen-bond donors (Lipinski definition) is 4. The molecule has 1 amide bonds. The Hall–Kier alpha value is -0.570. The molecule has 4 N–H and O–H groups in total. The van der Waals surface area contributed by atoms with Crippen molar-refractivity contribution in [1.82, 2.24) is 5.32 Å². The number of rotatable bonds is 7. The molecule has 1 aromatic rings. The van der Waals surface area contributed by atoms with E-state index in [2.05, 4.69) is 10.6 Å². The van der Waals surface area contributed by atoms with E-state index in [4.69, 9.17) is 10.2 Å². The second kappa shape index (κ2) is 11.9. The molecule has 0 radical (unpaired) electrons. The van der Waals surface area contributed by atoms with Gasteiger partial charge in [0.25, 0.3) is 5.91 Å². The Morgan fingerprint density at radius 1 is 1.09 bits per heavy atom. The van der Waals surface area contributed by atoms with E-state index in [-0.39, 0.29) is 72.0 Å². The van der Waals surface area contributed by atoms with Crippen molar-refractivity contribution in [3.8, 4) is 0 Å². The van der Waals surface area contributed by atoms with Gasteiger partial charge in [-0.3, -0.25) is 9.59 Å². The molecule has 0 bridgehead atoms. The molecule has 1 rings (SSSR count). The zero-order valence-electron chi connectivity index (χ0n) is 10.9. The van der Waals surface area contributed by atoms with Crippen LogP contribution in [0.2, 0.25) is 0 Å². The standard InChI is InChI=1S/C13H16N2O5.2Na.2H/c1-14-9-4-2-8(3-5-9)12(18)15-10(13(19)20)6-7-11(16)17;;;;/h2-5,10,14H,6-7H2,1H3,(H,15,18)(H,16,17)(H,19,20);;;;/t10-;;;;/m0..../s1. The molecule has 22 heavy (non-hydrogen) atoms. The molecule has 1 atom stereocenters. The Bertz CT molecular complexity index is 508. The van der Waals surface area contributed by atoms with Gasteiger partial charge in [-0.25, -0.2) is 4.79 Å². The van der Waals surface area contributed by atoms with Crippen molar-refractivity contribution in [2.75, 3.05) is 12.4 Å². The van der Waals surface area contributed by atoms with Gasteiger partial charge in [-0.2, -0.15) is 0 Å². The SMILES string of the molecule is CNc1ccc(C(=O)N[C@@H](CCC(=O)O)C(=O)O)cc1.[NaH].[NaH]. The fourth-order valence-electron chi connectivity index (χ4n) is 1.56. The Kier molecular flexibility index (Phi) is 12.8. The van der Waals surface area contributed by atoms with Crippen molar-refractivity contribution < 1.29 is 24.6 Å². The van der Waals surface area contributed by atoms with Crippen LogP contribution >= 0.6 is 0 Å². The van der Waals surface area contributed by atoms with Crippen molar-refractivity contribution in [3.63, 3.8) is 0 Å². The van der Waals surface area contributed by atoms with Crippen molar-refractivity contribution in [2.24, 2.45) is 0 Å². The molecule has 112 valence electrons. The van der Waals surface area contributed by atoms with Gasteiger partial charge in [0.2, 0.25) is 0 Å². The summed E-state index contributed by atoms with van der Waals surface area (Å²) in [5, 5.41) is 22.7. The topological polar surface area (TPSA) is 116 Å². The number of benzene rings is 1. The summed E-state index contributed by atoms with van der Waals surface area (Å²) in [5.74, 6) is -2.92. The average Bonchev–Trinajstić information content (AvgIpc) is 2.42. The van der Waals surface area contributed by atoms with Crippen LogP contribution < -0.4 is 10.6 Å². The number of carboxylic acid groups (broad SMARTS) is 2. The predicted molar refractivity (Wildman–Crippen MR) is 86.0 cm³/mol. The second-order valence-corrected chi connectivity index (χ2v) is 4.12. The molecular weight excluding hydrogens is 310 g/mol. The monoisotopic (exact) mass is 328 g/mol. The van der Waals surface area contributed by atoms with Crippen LogP contribution in [-0.2, 0) is 9.59 Å². The van der Waals surface area contributed by atoms with Crippen LogP contribution in [0.1, 0.15) is 23.2 Å². The van der Waals surface area contributed by atoms with Crippen LogP contribution in [0.4, 0.5) is 5.69 Å². The second-order valence-electron chi connectivity index (χ2n) is 4.12. The van der Waals surface area contributed by atoms with Gasteiger partial charge in [-0.1, -0.05) is 0 Å². The van der Waals surface area contributed by atoms with Crippen molar-refractivity contribution in [3.05, 3.63) is 29.8 Å². The van der Waals surface area contributed by atoms with Crippen molar-refractivity contribution in [1.29, 1.82) is 0 Å². The summed E-state index contributed by atoms with van der Waals surface area (Å²) in [4.78, 5) is 33.3. The summed E-state index contributed by atoms with van der Waals surface area (Å²) < 4.78 is 0. The van der Waals surface area contributed by atoms with E-state index >= 15 is 0 Å². The number of nitrogens with one attached hydrogen (secondary N) is 2. The van der Waals surface area contributed by atoms with Gasteiger partial charge in [-0.15, -0.1) is 0 Å². The molecule has 9 heteroatoms. The number of carbonyl (C=O) groups is 3. The summed E-state index contributed by atoms with van der Waals surface area (Å²) in [6.07, 6.45) is -0.485. The van der Waals surface area contributed by atoms with E-state index in [0.717, 1.165) is 5.69 Å². The fourth-order valence-corrected chi connectivity index (χ4v) is 1.56. The predicted octanol–water partition coefficient (Wildman–Crippen LogP) is -0.521. The maximum atomic E-state index is 11.9. The number of amides is 1. The van der Waals surface area contributed by atoms with Crippen LogP contribution in [0.3, 0.4) is 0 Å². The zero-order valence-corrected chi connectivity index (χ0v) is 10.9. The van der Waals surface area contributed by atoms with Gasteiger partial charge in [0.1, 0.15) is 6.04 Å². The van der Waals surface area contributed by atoms with Crippen LogP contribution in [0.15, 0.2) is 24.3 Å². The Labute approximate surface area is 172 Å². The van der Waals surface area contributed by atoms with Gasteiger partial charge in [0, 0.05) is 24.7 Å². The summed E-state index contributed by atoms with van der Waals surface area (Å²) in [6.45, 7) is 0. The molecule has 0 aliphatic carbocycles. The molecule has 0 aliphatic heterocycles. The summed E-state index contributed by atoms with van der Waals surface area (Å²) in [6, 6.07) is 5.25. The van der Waals surface area contributed by atoms with Gasteiger partial charge >= 0.3 is 71.1 Å². The summed E-state index contributed by atoms with van der Waals surface area (Å²) in [5.41, 5.74) is 1.13. The zero-order chi connectivity index (χ0) is 15.1. The Morgan fingerprint density at radius 2 is 1.64 bits per heavy atom. The molecule has 0 aliphatic rings. The van der Waals surface area contributed by atoms with Crippen LogP contribution in [0.5, 0.6) is 0 Å². The number of hydrogen-bond acceptors (Lipinski definition) is 4. The third kappa shape index (κ3) is 8.17. The first kappa shape index (κ1) is 23.7. The van der Waals surface area contributed by atoms with E-state index in [1.165, 1.54) is 0 Å². The maximum absolute atomic E-state index is 11.9. The number of carbonyl (C=O) groups excluding carboxylic acids is 1. The Morgan fingerprint density at radius 3 is 2.05 bits per heavy atom. The summed E-state index contributed by atoms with van der Waals surface area (Å²) >= 11 is 0. The van der Waals surface area contributed by atoms with Crippen LogP contribution in [0, 0.1) is 0 Å². The quantitative estimate of drug-likeness (QED) is 0.501. The van der Waals surface area contributed by atoms with Gasteiger partial charge in [-0.05, 0) is 30.7 Å². The van der Waals surface area contributed by atoms with E-state index in [1.54, 1.807) is 31.3 Å². The minimum atomic E-state index is -1.26. The first-order valence-electron chi connectivity index (χ1n) is 5.97. The third-order valence-corrected chi connectivity index (χ3v) is 2.69. The molecule has 0 spiro atoms. The van der Waals surface area contributed by atoms with Gasteiger partial charge < -0.3 is 20.8 Å². The average molecular weight is 328 g/mol. The summed E-state index contributed by atoms with van der Waals surface area (Å²) in [7, 11) is 1.74. The van der Waals surface area contributed by atoms with E-state index in [9.17, 15) is 14.4 Å².